The van der Waals surface area contributed by atoms with E-state index in [9.17, 15) is 9.59 Å². The number of hydrogen-bond donors (Lipinski definition) is 1. The molecule has 0 aromatic heterocycles. The van der Waals surface area contributed by atoms with Crippen molar-refractivity contribution in [2.24, 2.45) is 0 Å². The molecule has 0 spiro atoms. The van der Waals surface area contributed by atoms with E-state index in [0.717, 1.165) is 23.6 Å². The first-order valence-electron chi connectivity index (χ1n) is 8.23. The molecule has 1 aromatic rings. The fourth-order valence-electron chi connectivity index (χ4n) is 2.99. The quantitative estimate of drug-likeness (QED) is 0.835. The van der Waals surface area contributed by atoms with E-state index >= 15 is 0 Å². The SMILES string of the molecule is Cl.O=C(CC1CSCCN1)N1CCN(Cc2ccc(Cl)cc2)C(=O)C1. The summed E-state index contributed by atoms with van der Waals surface area (Å²) >= 11 is 7.76. The van der Waals surface area contributed by atoms with Gasteiger partial charge in [0.05, 0.1) is 6.54 Å². The lowest BCUT2D eigenvalue weighted by Gasteiger charge is -2.35. The molecule has 1 N–H and O–H groups in total. The smallest absolute Gasteiger partial charge is 0.242 e. The Kier molecular flexibility index (Phi) is 7.87. The van der Waals surface area contributed by atoms with Crippen LogP contribution in [0.1, 0.15) is 12.0 Å². The minimum atomic E-state index is 0. The molecule has 1 atom stereocenters. The Labute approximate surface area is 163 Å². The fraction of sp³-hybridized carbons (Fsp3) is 0.529. The zero-order valence-corrected chi connectivity index (χ0v) is 16.3. The minimum absolute atomic E-state index is 0. The van der Waals surface area contributed by atoms with E-state index in [1.54, 1.807) is 4.90 Å². The van der Waals surface area contributed by atoms with Gasteiger partial charge in [0.25, 0.3) is 0 Å². The Morgan fingerprint density at radius 2 is 2.04 bits per heavy atom. The first-order valence-corrected chi connectivity index (χ1v) is 9.76. The molecule has 0 bridgehead atoms. The van der Waals surface area contributed by atoms with Gasteiger partial charge in [-0.3, -0.25) is 9.59 Å². The van der Waals surface area contributed by atoms with Crippen molar-refractivity contribution in [3.05, 3.63) is 34.9 Å². The van der Waals surface area contributed by atoms with E-state index in [-0.39, 0.29) is 36.8 Å². The summed E-state index contributed by atoms with van der Waals surface area (Å²) in [6.07, 6.45) is 0.484. The maximum absolute atomic E-state index is 12.4. The second-order valence-electron chi connectivity index (χ2n) is 6.19. The third kappa shape index (κ3) is 5.78. The average molecular weight is 404 g/mol. The summed E-state index contributed by atoms with van der Waals surface area (Å²) in [4.78, 5) is 28.3. The van der Waals surface area contributed by atoms with Crippen LogP contribution in [0, 0.1) is 0 Å². The second kappa shape index (κ2) is 9.67. The molecule has 25 heavy (non-hydrogen) atoms. The molecule has 138 valence electrons. The van der Waals surface area contributed by atoms with Crippen LogP contribution < -0.4 is 5.32 Å². The number of hydrogen-bond acceptors (Lipinski definition) is 4. The van der Waals surface area contributed by atoms with Crippen LogP contribution in [0.3, 0.4) is 0 Å². The number of amides is 2. The van der Waals surface area contributed by atoms with Crippen molar-refractivity contribution >= 4 is 47.6 Å². The summed E-state index contributed by atoms with van der Waals surface area (Å²) < 4.78 is 0. The molecule has 2 aliphatic rings. The highest BCUT2D eigenvalue weighted by Gasteiger charge is 2.28. The first-order chi connectivity index (χ1) is 11.6. The highest BCUT2D eigenvalue weighted by molar-refractivity contribution is 7.99. The molecule has 0 radical (unpaired) electrons. The van der Waals surface area contributed by atoms with E-state index in [0.29, 0.717) is 31.1 Å². The van der Waals surface area contributed by atoms with Gasteiger partial charge in [-0.2, -0.15) is 11.8 Å². The van der Waals surface area contributed by atoms with E-state index in [1.807, 2.05) is 40.9 Å². The monoisotopic (exact) mass is 403 g/mol. The first kappa shape index (κ1) is 20.4. The van der Waals surface area contributed by atoms with Crippen molar-refractivity contribution in [2.45, 2.75) is 19.0 Å². The lowest BCUT2D eigenvalue weighted by atomic mass is 10.1. The van der Waals surface area contributed by atoms with Crippen LogP contribution in [0.2, 0.25) is 5.02 Å². The molecule has 2 fully saturated rings. The summed E-state index contributed by atoms with van der Waals surface area (Å²) in [6.45, 7) is 2.90. The van der Waals surface area contributed by atoms with Crippen molar-refractivity contribution in [1.29, 1.82) is 0 Å². The van der Waals surface area contributed by atoms with Gasteiger partial charge in [0.15, 0.2) is 0 Å². The van der Waals surface area contributed by atoms with E-state index in [4.69, 9.17) is 11.6 Å². The molecule has 8 heteroatoms. The summed E-state index contributed by atoms with van der Waals surface area (Å²) in [5.41, 5.74) is 1.05. The van der Waals surface area contributed by atoms with Gasteiger partial charge in [-0.1, -0.05) is 23.7 Å². The van der Waals surface area contributed by atoms with Crippen LogP contribution in [0.25, 0.3) is 0 Å². The largest absolute Gasteiger partial charge is 0.335 e. The topological polar surface area (TPSA) is 52.7 Å². The van der Waals surface area contributed by atoms with Gasteiger partial charge >= 0.3 is 0 Å². The minimum Gasteiger partial charge on any atom is -0.335 e. The van der Waals surface area contributed by atoms with Crippen molar-refractivity contribution in [3.8, 4) is 0 Å². The predicted octanol–water partition coefficient (Wildman–Crippen LogP) is 2.03. The average Bonchev–Trinajstić information content (AvgIpc) is 2.59. The number of nitrogens with zero attached hydrogens (tertiary/aromatic N) is 2. The van der Waals surface area contributed by atoms with Crippen LogP contribution in [0.5, 0.6) is 0 Å². The standard InChI is InChI=1S/C17H22ClN3O2S.ClH/c18-14-3-1-13(2-4-14)10-20-6-7-21(11-17(20)23)16(22)9-15-12-24-8-5-19-15;/h1-4,15,19H,5-12H2;1H. The van der Waals surface area contributed by atoms with Crippen molar-refractivity contribution in [2.75, 3.05) is 37.7 Å². The van der Waals surface area contributed by atoms with Gasteiger partial charge in [-0.05, 0) is 17.7 Å². The molecule has 2 aliphatic heterocycles. The maximum Gasteiger partial charge on any atom is 0.242 e. The number of benzene rings is 1. The Morgan fingerprint density at radius 3 is 2.68 bits per heavy atom. The number of carbonyl (C=O) groups excluding carboxylic acids is 2. The molecule has 2 amide bonds. The van der Waals surface area contributed by atoms with E-state index in [1.165, 1.54) is 0 Å². The molecule has 5 nitrogen and oxygen atoms in total. The molecule has 2 heterocycles. The second-order valence-corrected chi connectivity index (χ2v) is 7.77. The zero-order chi connectivity index (χ0) is 16.9. The lowest BCUT2D eigenvalue weighted by molar-refractivity contribution is -0.145. The number of halogens is 2. The Bertz CT molecular complexity index is 594. The molecule has 2 saturated heterocycles. The molecule has 0 saturated carbocycles. The van der Waals surface area contributed by atoms with Gasteiger partial charge in [0.1, 0.15) is 0 Å². The van der Waals surface area contributed by atoms with Gasteiger partial charge in [0, 0.05) is 55.2 Å². The highest BCUT2D eigenvalue weighted by Crippen LogP contribution is 2.15. The molecular weight excluding hydrogens is 381 g/mol. The molecule has 1 unspecified atom stereocenters. The number of thioether (sulfide) groups is 1. The van der Waals surface area contributed by atoms with Crippen LogP contribution in [0.4, 0.5) is 0 Å². The molecule has 0 aliphatic carbocycles. The lowest BCUT2D eigenvalue weighted by Crippen LogP contribution is -2.53. The number of nitrogens with one attached hydrogen (secondary N) is 1. The molecular formula is C17H23Cl2N3O2S. The zero-order valence-electron chi connectivity index (χ0n) is 13.9. The number of piperazine rings is 1. The Hall–Kier alpha value is -0.950. The Balaban J connectivity index is 0.00000225. The predicted molar refractivity (Wildman–Crippen MR) is 104 cm³/mol. The summed E-state index contributed by atoms with van der Waals surface area (Å²) in [5.74, 6) is 2.16. The maximum atomic E-state index is 12.4. The molecule has 3 rings (SSSR count). The van der Waals surface area contributed by atoms with Crippen LogP contribution in [-0.4, -0.2) is 65.3 Å². The van der Waals surface area contributed by atoms with Crippen molar-refractivity contribution in [3.63, 3.8) is 0 Å². The fourth-order valence-corrected chi connectivity index (χ4v) is 4.06. The number of rotatable bonds is 4. The third-order valence-electron chi connectivity index (χ3n) is 4.38. The van der Waals surface area contributed by atoms with Crippen molar-refractivity contribution < 1.29 is 9.59 Å². The van der Waals surface area contributed by atoms with Crippen LogP contribution >= 0.6 is 35.8 Å². The van der Waals surface area contributed by atoms with Gasteiger partial charge in [0.2, 0.25) is 11.8 Å². The molecule has 1 aromatic carbocycles. The van der Waals surface area contributed by atoms with Gasteiger partial charge in [-0.15, -0.1) is 12.4 Å². The van der Waals surface area contributed by atoms with Crippen LogP contribution in [-0.2, 0) is 16.1 Å². The number of carbonyl (C=O) groups is 2. The summed E-state index contributed by atoms with van der Waals surface area (Å²) in [6, 6.07) is 7.75. The Morgan fingerprint density at radius 1 is 1.28 bits per heavy atom. The third-order valence-corrected chi connectivity index (χ3v) is 5.76. The summed E-state index contributed by atoms with van der Waals surface area (Å²) in [5, 5.41) is 4.06. The van der Waals surface area contributed by atoms with E-state index in [2.05, 4.69) is 5.32 Å². The van der Waals surface area contributed by atoms with E-state index < -0.39 is 0 Å². The van der Waals surface area contributed by atoms with Gasteiger partial charge < -0.3 is 15.1 Å². The summed E-state index contributed by atoms with van der Waals surface area (Å²) in [7, 11) is 0. The van der Waals surface area contributed by atoms with Gasteiger partial charge in [-0.25, -0.2) is 0 Å². The van der Waals surface area contributed by atoms with Crippen LogP contribution in [0.15, 0.2) is 24.3 Å². The highest BCUT2D eigenvalue weighted by atomic mass is 35.5. The normalized spacial score (nSPS) is 21.0. The van der Waals surface area contributed by atoms with Crippen molar-refractivity contribution in [1.82, 2.24) is 15.1 Å².